The highest BCUT2D eigenvalue weighted by Gasteiger charge is 2.35. The van der Waals surface area contributed by atoms with E-state index in [0.717, 1.165) is 24.8 Å². The van der Waals surface area contributed by atoms with E-state index in [2.05, 4.69) is 22.1 Å². The van der Waals surface area contributed by atoms with Crippen molar-refractivity contribution in [3.63, 3.8) is 0 Å². The quantitative estimate of drug-likeness (QED) is 0.180. The van der Waals surface area contributed by atoms with E-state index < -0.39 is 23.3 Å². The number of pyridine rings is 2. The second-order valence-electron chi connectivity index (χ2n) is 13.9. The molecule has 7 rings (SSSR count). The van der Waals surface area contributed by atoms with Gasteiger partial charge in [-0.25, -0.2) is 9.37 Å². The average Bonchev–Trinajstić information content (AvgIpc) is 3.44. The number of nitrogens with two attached hydrogens (primary N) is 1. The first-order valence-electron chi connectivity index (χ1n) is 18.0. The molecule has 2 aromatic heterocycles. The highest BCUT2D eigenvalue weighted by Crippen LogP contribution is 2.34. The zero-order valence-electron chi connectivity index (χ0n) is 29.2. The lowest BCUT2D eigenvalue weighted by Crippen LogP contribution is -2.42. The molecule has 0 unspecified atom stereocenters. The van der Waals surface area contributed by atoms with Crippen molar-refractivity contribution in [2.45, 2.75) is 58.1 Å². The minimum absolute atomic E-state index is 0.000305. The third kappa shape index (κ3) is 7.72. The fraction of sp³-hybridized carbons (Fsp3) is 0.366. The van der Waals surface area contributed by atoms with Crippen molar-refractivity contribution in [1.29, 1.82) is 0 Å². The van der Waals surface area contributed by atoms with Gasteiger partial charge in [-0.2, -0.15) is 0 Å². The van der Waals surface area contributed by atoms with Gasteiger partial charge < -0.3 is 30.0 Å². The van der Waals surface area contributed by atoms with Crippen LogP contribution in [-0.2, 0) is 16.1 Å². The van der Waals surface area contributed by atoms with E-state index in [-0.39, 0.29) is 34.1 Å². The number of unbranched alkanes of at least 4 members (excludes halogenated alkanes) is 1. The molecule has 11 heteroatoms. The summed E-state index contributed by atoms with van der Waals surface area (Å²) in [5.41, 5.74) is 8.31. The Labute approximate surface area is 302 Å². The molecule has 2 amide bonds. The van der Waals surface area contributed by atoms with Gasteiger partial charge in [0.25, 0.3) is 11.8 Å². The van der Waals surface area contributed by atoms with Gasteiger partial charge in [-0.3, -0.25) is 14.4 Å². The highest BCUT2D eigenvalue weighted by atomic mass is 19.1. The summed E-state index contributed by atoms with van der Waals surface area (Å²) in [4.78, 5) is 45.7. The number of nitrogens with one attached hydrogen (secondary N) is 1. The maximum absolute atomic E-state index is 15.7. The van der Waals surface area contributed by atoms with Crippen molar-refractivity contribution in [2.24, 2.45) is 11.8 Å². The zero-order chi connectivity index (χ0) is 36.2. The van der Waals surface area contributed by atoms with Crippen LogP contribution in [0.15, 0.2) is 71.9 Å². The van der Waals surface area contributed by atoms with Crippen LogP contribution in [0, 0.1) is 29.5 Å². The summed E-state index contributed by atoms with van der Waals surface area (Å²) in [6.07, 6.45) is 9.93. The molecule has 3 fully saturated rings. The number of amides is 2. The Morgan fingerprint density at radius 3 is 2.52 bits per heavy atom. The number of halogens is 1. The van der Waals surface area contributed by atoms with Gasteiger partial charge in [0.1, 0.15) is 22.9 Å². The van der Waals surface area contributed by atoms with Crippen LogP contribution in [-0.4, -0.2) is 58.7 Å². The summed E-state index contributed by atoms with van der Waals surface area (Å²) in [5, 5.41) is 2.69. The van der Waals surface area contributed by atoms with Crippen molar-refractivity contribution >= 4 is 23.3 Å². The van der Waals surface area contributed by atoms with E-state index in [0.29, 0.717) is 74.4 Å². The first-order valence-corrected chi connectivity index (χ1v) is 18.0. The van der Waals surface area contributed by atoms with Crippen LogP contribution >= 0.6 is 0 Å². The molecule has 268 valence electrons. The first kappa shape index (κ1) is 35.0. The summed E-state index contributed by atoms with van der Waals surface area (Å²) in [7, 11) is 0. The van der Waals surface area contributed by atoms with Crippen LogP contribution in [0.25, 0.3) is 22.3 Å². The van der Waals surface area contributed by atoms with Crippen molar-refractivity contribution in [3.8, 4) is 39.8 Å². The van der Waals surface area contributed by atoms with Gasteiger partial charge in [0.15, 0.2) is 6.10 Å². The van der Waals surface area contributed by atoms with Gasteiger partial charge in [-0.05, 0) is 67.1 Å². The third-order valence-electron chi connectivity index (χ3n) is 9.95. The van der Waals surface area contributed by atoms with Crippen LogP contribution in [0.1, 0.15) is 61.4 Å². The normalized spacial score (nSPS) is 17.2. The number of likely N-dealkylation sites (tertiary alicyclic amines) is 1. The van der Waals surface area contributed by atoms with Gasteiger partial charge in [-0.1, -0.05) is 37.3 Å². The number of nitrogens with zero attached hydrogens (tertiary/aromatic N) is 3. The molecule has 4 heterocycles. The molecular weight excluding hydrogens is 661 g/mol. The maximum Gasteiger partial charge on any atom is 0.263 e. The number of aromatic nitrogens is 2. The van der Waals surface area contributed by atoms with Crippen molar-refractivity contribution in [2.75, 3.05) is 37.4 Å². The van der Waals surface area contributed by atoms with Crippen LogP contribution in [0.5, 0.6) is 5.75 Å². The fourth-order valence-electron chi connectivity index (χ4n) is 6.70. The Morgan fingerprint density at radius 1 is 1.02 bits per heavy atom. The second kappa shape index (κ2) is 15.4. The van der Waals surface area contributed by atoms with Gasteiger partial charge in [0.05, 0.1) is 18.8 Å². The predicted molar refractivity (Wildman–Crippen MR) is 197 cm³/mol. The van der Waals surface area contributed by atoms with E-state index in [1.807, 2.05) is 28.5 Å². The Balaban J connectivity index is 1.05. The summed E-state index contributed by atoms with van der Waals surface area (Å²) < 4.78 is 28.8. The Bertz CT molecular complexity index is 2100. The molecule has 1 aliphatic carbocycles. The van der Waals surface area contributed by atoms with Gasteiger partial charge >= 0.3 is 0 Å². The monoisotopic (exact) mass is 703 g/mol. The van der Waals surface area contributed by atoms with Crippen LogP contribution in [0.2, 0.25) is 0 Å². The van der Waals surface area contributed by atoms with Crippen molar-refractivity contribution < 1.29 is 23.5 Å². The summed E-state index contributed by atoms with van der Waals surface area (Å²) >= 11 is 0. The molecule has 52 heavy (non-hydrogen) atoms. The molecule has 1 atom stereocenters. The van der Waals surface area contributed by atoms with E-state index in [1.54, 1.807) is 42.9 Å². The number of carbonyl (C=O) groups excluding carboxylic acids is 2. The van der Waals surface area contributed by atoms with Crippen molar-refractivity contribution in [1.82, 2.24) is 14.5 Å². The van der Waals surface area contributed by atoms with Gasteiger partial charge in [0.2, 0.25) is 5.43 Å². The van der Waals surface area contributed by atoms with Crippen molar-refractivity contribution in [3.05, 3.63) is 94.3 Å². The van der Waals surface area contributed by atoms with Gasteiger partial charge in [0, 0.05) is 79.4 Å². The average molecular weight is 704 g/mol. The van der Waals surface area contributed by atoms with E-state index in [4.69, 9.17) is 15.2 Å². The predicted octanol–water partition coefficient (Wildman–Crippen LogP) is 6.13. The number of rotatable bonds is 11. The molecule has 4 aromatic rings. The number of benzene rings is 2. The first-order chi connectivity index (χ1) is 25.2. The second-order valence-corrected chi connectivity index (χ2v) is 13.9. The minimum Gasteiger partial charge on any atom is -0.481 e. The third-order valence-corrected chi connectivity index (χ3v) is 9.95. The number of nitrogen functional groups attached to an aromatic ring is 1. The Kier molecular flexibility index (Phi) is 10.4. The molecule has 2 aliphatic heterocycles. The van der Waals surface area contributed by atoms with Crippen LogP contribution in [0.3, 0.4) is 0 Å². The van der Waals surface area contributed by atoms with E-state index in [9.17, 15) is 14.4 Å². The standard InChI is InChI=1S/C41H42FN5O5/c1-2-3-4-8-29-22-46(20-26-6-5-7-26)23-35(38(29)48)40(49)45-31-11-14-33(36(42)18-31)34-17-30(19-44-39(34)43)28-9-12-32(13-10-28)52-37-15-16-47(41(37)50)21-27-24-51-25-27/h9-14,17-19,22-23,26-27,37H,2-3,5-7,15-16,20-21,24-25H2,1H3,(H2,43,44)(H,45,49)/t37-/m1/s1. The lowest BCUT2D eigenvalue weighted by Gasteiger charge is -2.30. The number of hydrogen-bond donors (Lipinski definition) is 2. The lowest BCUT2D eigenvalue weighted by atomic mass is 9.85. The highest BCUT2D eigenvalue weighted by molar-refractivity contribution is 6.04. The zero-order valence-corrected chi connectivity index (χ0v) is 29.2. The minimum atomic E-state index is -0.632. The van der Waals surface area contributed by atoms with Gasteiger partial charge in [-0.15, -0.1) is 0 Å². The molecule has 0 spiro atoms. The Morgan fingerprint density at radius 2 is 1.83 bits per heavy atom. The summed E-state index contributed by atoms with van der Waals surface area (Å²) in [6, 6.07) is 13.4. The molecule has 2 aromatic carbocycles. The summed E-state index contributed by atoms with van der Waals surface area (Å²) in [5.74, 6) is 6.33. The van der Waals surface area contributed by atoms with E-state index >= 15 is 4.39 Å². The number of carbonyl (C=O) groups is 2. The Hall–Kier alpha value is -5.47. The topological polar surface area (TPSA) is 129 Å². The summed E-state index contributed by atoms with van der Waals surface area (Å²) in [6.45, 7) is 5.49. The molecule has 0 radical (unpaired) electrons. The number of anilines is 2. The number of hydrogen-bond acceptors (Lipinski definition) is 7. The van der Waals surface area contributed by atoms with Crippen LogP contribution < -0.4 is 21.2 Å². The molecule has 2 saturated heterocycles. The molecule has 10 nitrogen and oxygen atoms in total. The fourth-order valence-corrected chi connectivity index (χ4v) is 6.70. The lowest BCUT2D eigenvalue weighted by molar-refractivity contribution is -0.136. The maximum atomic E-state index is 15.7. The largest absolute Gasteiger partial charge is 0.481 e. The smallest absolute Gasteiger partial charge is 0.263 e. The number of ether oxygens (including phenoxy) is 2. The van der Waals surface area contributed by atoms with E-state index in [1.165, 1.54) is 18.6 Å². The molecule has 3 aliphatic rings. The molecule has 0 bridgehead atoms. The molecule has 1 saturated carbocycles. The SMILES string of the molecule is CCCC#Cc1cn(CC2CCC2)cc(C(=O)Nc2ccc(-c3cc(-c4ccc(O[C@@H]5CCN(CC6COC6)C5=O)cc4)cnc3N)c(F)c2)c1=O. The molecular formula is C41H42FN5O5. The van der Waals surface area contributed by atoms with Crippen LogP contribution in [0.4, 0.5) is 15.9 Å². The molecule has 3 N–H and O–H groups in total.